The molecule has 0 unspecified atom stereocenters. The molecule has 1 aliphatic rings. The van der Waals surface area contributed by atoms with E-state index in [2.05, 4.69) is 31.4 Å². The molecule has 6 nitrogen and oxygen atoms in total. The van der Waals surface area contributed by atoms with Gasteiger partial charge in [0.25, 0.3) is 5.91 Å². The molecule has 2 aromatic carbocycles. The van der Waals surface area contributed by atoms with E-state index in [9.17, 15) is 35.9 Å². The third-order valence-corrected chi connectivity index (χ3v) is 6.76. The van der Waals surface area contributed by atoms with E-state index >= 15 is 0 Å². The summed E-state index contributed by atoms with van der Waals surface area (Å²) in [5.74, 6) is -1.77. The first-order valence-electron chi connectivity index (χ1n) is 10.3. The Morgan fingerprint density at radius 1 is 1.00 bits per heavy atom. The molecule has 1 saturated heterocycles. The van der Waals surface area contributed by atoms with Crippen LogP contribution in [0.15, 0.2) is 46.9 Å². The standard InChI is InChI=1S/C22H15BrF6N4O2S/c23-15-4-1-3-11(9-15)18-31-32-20(36-18)30-17(34)16-5-2-6-33(16)19(35)12-7-13(21(24,25)26)10-14(8-12)22(27,28)29/h1,3-4,7-10,16H,2,5-6H2,(H,30,32,34)/t16-/m1/s1. The maximum atomic E-state index is 13.2. The van der Waals surface area contributed by atoms with Crippen LogP contribution in [0.2, 0.25) is 0 Å². The maximum Gasteiger partial charge on any atom is 0.416 e. The number of nitrogens with zero attached hydrogens (tertiary/aromatic N) is 3. The minimum atomic E-state index is -5.10. The Bertz CT molecular complexity index is 1280. The second kappa shape index (κ2) is 9.81. The summed E-state index contributed by atoms with van der Waals surface area (Å²) in [7, 11) is 0. The monoisotopic (exact) mass is 592 g/mol. The molecule has 2 heterocycles. The number of hydrogen-bond acceptors (Lipinski definition) is 5. The summed E-state index contributed by atoms with van der Waals surface area (Å²) in [6.45, 7) is -0.00602. The molecule has 0 saturated carbocycles. The molecule has 4 rings (SSSR count). The van der Waals surface area contributed by atoms with Crippen LogP contribution < -0.4 is 5.32 Å². The van der Waals surface area contributed by atoms with Crippen molar-refractivity contribution in [2.75, 3.05) is 11.9 Å². The lowest BCUT2D eigenvalue weighted by molar-refractivity contribution is -0.143. The van der Waals surface area contributed by atoms with E-state index in [4.69, 9.17) is 0 Å². The van der Waals surface area contributed by atoms with Crippen molar-refractivity contribution in [3.05, 3.63) is 63.6 Å². The number of aromatic nitrogens is 2. The molecule has 2 amide bonds. The van der Waals surface area contributed by atoms with E-state index in [-0.39, 0.29) is 24.2 Å². The summed E-state index contributed by atoms with van der Waals surface area (Å²) in [5.41, 5.74) is -3.26. The van der Waals surface area contributed by atoms with E-state index in [0.717, 1.165) is 26.3 Å². The first-order chi connectivity index (χ1) is 16.8. The van der Waals surface area contributed by atoms with Crippen molar-refractivity contribution >= 4 is 44.2 Å². The van der Waals surface area contributed by atoms with Gasteiger partial charge < -0.3 is 4.90 Å². The first kappa shape index (κ1) is 26.1. The smallest absolute Gasteiger partial charge is 0.327 e. The van der Waals surface area contributed by atoms with Gasteiger partial charge in [-0.25, -0.2) is 0 Å². The van der Waals surface area contributed by atoms with E-state index < -0.39 is 46.9 Å². The van der Waals surface area contributed by atoms with Crippen molar-refractivity contribution in [1.29, 1.82) is 0 Å². The second-order valence-electron chi connectivity index (χ2n) is 7.86. The fraction of sp³-hybridized carbons (Fsp3) is 0.273. The normalized spacial score (nSPS) is 16.3. The molecule has 36 heavy (non-hydrogen) atoms. The molecule has 1 atom stereocenters. The Hall–Kier alpha value is -3.00. The highest BCUT2D eigenvalue weighted by atomic mass is 79.9. The lowest BCUT2D eigenvalue weighted by Crippen LogP contribution is -2.43. The van der Waals surface area contributed by atoms with Gasteiger partial charge in [0.1, 0.15) is 11.0 Å². The third-order valence-electron chi connectivity index (χ3n) is 5.38. The zero-order valence-corrected chi connectivity index (χ0v) is 20.4. The van der Waals surface area contributed by atoms with Crippen molar-refractivity contribution in [3.63, 3.8) is 0 Å². The van der Waals surface area contributed by atoms with Crippen molar-refractivity contribution < 1.29 is 35.9 Å². The van der Waals surface area contributed by atoms with Crippen LogP contribution in [0.5, 0.6) is 0 Å². The van der Waals surface area contributed by atoms with Gasteiger partial charge in [-0.15, -0.1) is 10.2 Å². The molecule has 1 fully saturated rings. The van der Waals surface area contributed by atoms with Crippen LogP contribution in [-0.2, 0) is 17.1 Å². The summed E-state index contributed by atoms with van der Waals surface area (Å²) in [4.78, 5) is 26.8. The van der Waals surface area contributed by atoms with Crippen molar-refractivity contribution in [3.8, 4) is 10.6 Å². The van der Waals surface area contributed by atoms with E-state index in [1.807, 2.05) is 6.07 Å². The van der Waals surface area contributed by atoms with Gasteiger partial charge >= 0.3 is 12.4 Å². The van der Waals surface area contributed by atoms with E-state index in [1.165, 1.54) is 0 Å². The molecule has 0 radical (unpaired) electrons. The van der Waals surface area contributed by atoms with Gasteiger partial charge in [0.05, 0.1) is 11.1 Å². The topological polar surface area (TPSA) is 75.2 Å². The SMILES string of the molecule is O=C(Nc1nnc(-c2cccc(Br)c2)s1)[C@H]1CCCN1C(=O)c1cc(C(F)(F)F)cc(C(F)(F)F)c1. The predicted molar refractivity (Wildman–Crippen MR) is 122 cm³/mol. The average molecular weight is 593 g/mol. The number of alkyl halides is 6. The zero-order valence-electron chi connectivity index (χ0n) is 18.0. The fourth-order valence-electron chi connectivity index (χ4n) is 3.73. The minimum absolute atomic E-state index is 0.00602. The van der Waals surface area contributed by atoms with Crippen LogP contribution in [-0.4, -0.2) is 39.5 Å². The van der Waals surface area contributed by atoms with Gasteiger partial charge in [0.15, 0.2) is 0 Å². The Morgan fingerprint density at radius 2 is 1.67 bits per heavy atom. The first-order valence-corrected chi connectivity index (χ1v) is 11.9. The number of hydrogen-bond donors (Lipinski definition) is 1. The van der Waals surface area contributed by atoms with Gasteiger partial charge in [-0.1, -0.05) is 39.4 Å². The second-order valence-corrected chi connectivity index (χ2v) is 9.76. The van der Waals surface area contributed by atoms with Gasteiger partial charge in [-0.3, -0.25) is 14.9 Å². The summed E-state index contributed by atoms with van der Waals surface area (Å²) in [6.07, 6.45) is -9.67. The predicted octanol–water partition coefficient (Wildman–Crippen LogP) is 6.25. The van der Waals surface area contributed by atoms with Crippen molar-refractivity contribution in [2.24, 2.45) is 0 Å². The zero-order chi connectivity index (χ0) is 26.3. The number of amides is 2. The molecule has 0 bridgehead atoms. The van der Waals surface area contributed by atoms with Crippen molar-refractivity contribution in [1.82, 2.24) is 15.1 Å². The van der Waals surface area contributed by atoms with Gasteiger partial charge in [0.2, 0.25) is 11.0 Å². The molecule has 190 valence electrons. The molecule has 1 aromatic heterocycles. The largest absolute Gasteiger partial charge is 0.416 e. The number of carbonyl (C=O) groups excluding carboxylic acids is 2. The molecular formula is C22H15BrF6N4O2S. The summed E-state index contributed by atoms with van der Waals surface area (Å²) >= 11 is 4.41. The molecule has 0 spiro atoms. The minimum Gasteiger partial charge on any atom is -0.327 e. The van der Waals surface area contributed by atoms with Crippen LogP contribution in [0.25, 0.3) is 10.6 Å². The van der Waals surface area contributed by atoms with Gasteiger partial charge in [-0.05, 0) is 43.2 Å². The summed E-state index contributed by atoms with van der Waals surface area (Å²) in [6, 6.07) is 6.77. The number of carbonyl (C=O) groups is 2. The van der Waals surface area contributed by atoms with Gasteiger partial charge in [-0.2, -0.15) is 26.3 Å². The number of halogens is 7. The maximum absolute atomic E-state index is 13.2. The molecule has 3 aromatic rings. The molecule has 0 aliphatic carbocycles. The Morgan fingerprint density at radius 3 is 2.28 bits per heavy atom. The average Bonchev–Trinajstić information content (AvgIpc) is 3.47. The third kappa shape index (κ3) is 5.69. The Labute approximate surface area is 212 Å². The van der Waals surface area contributed by atoms with Crippen LogP contribution >= 0.6 is 27.3 Å². The number of likely N-dealkylation sites (tertiary alicyclic amines) is 1. The highest BCUT2D eigenvalue weighted by molar-refractivity contribution is 9.10. The quantitative estimate of drug-likeness (QED) is 0.363. The number of benzene rings is 2. The Kier molecular flexibility index (Phi) is 7.10. The van der Waals surface area contributed by atoms with Crippen LogP contribution in [0.3, 0.4) is 0 Å². The van der Waals surface area contributed by atoms with E-state index in [0.29, 0.717) is 23.6 Å². The molecule has 14 heteroatoms. The van der Waals surface area contributed by atoms with Gasteiger partial charge in [0, 0.05) is 22.1 Å². The molecule has 1 N–H and O–H groups in total. The Balaban J connectivity index is 1.55. The highest BCUT2D eigenvalue weighted by Crippen LogP contribution is 2.37. The van der Waals surface area contributed by atoms with Crippen molar-refractivity contribution in [2.45, 2.75) is 31.2 Å². The van der Waals surface area contributed by atoms with Crippen LogP contribution in [0, 0.1) is 0 Å². The lowest BCUT2D eigenvalue weighted by atomic mass is 10.0. The van der Waals surface area contributed by atoms with Crippen LogP contribution in [0.4, 0.5) is 31.5 Å². The summed E-state index contributed by atoms with van der Waals surface area (Å²) < 4.78 is 80.0. The van der Waals surface area contributed by atoms with E-state index in [1.54, 1.807) is 18.2 Å². The lowest BCUT2D eigenvalue weighted by Gasteiger charge is -2.24. The fourth-order valence-corrected chi connectivity index (χ4v) is 4.87. The molecule has 1 aliphatic heterocycles. The number of anilines is 1. The highest BCUT2D eigenvalue weighted by Gasteiger charge is 2.40. The molecular weight excluding hydrogens is 578 g/mol. The number of rotatable bonds is 4. The van der Waals surface area contributed by atoms with Crippen LogP contribution in [0.1, 0.15) is 34.3 Å². The summed E-state index contributed by atoms with van der Waals surface area (Å²) in [5, 5.41) is 11.1. The number of nitrogens with one attached hydrogen (secondary N) is 1.